The van der Waals surface area contributed by atoms with E-state index >= 15 is 0 Å². The number of hydrogen-bond acceptors (Lipinski definition) is 1. The fourth-order valence-corrected chi connectivity index (χ4v) is 2.20. The van der Waals surface area contributed by atoms with Gasteiger partial charge in [0.15, 0.2) is 0 Å². The molecule has 3 rings (SSSR count). The lowest BCUT2D eigenvalue weighted by molar-refractivity contribution is 0.288. The van der Waals surface area contributed by atoms with E-state index < -0.39 is 0 Å². The first-order chi connectivity index (χ1) is 8.34. The van der Waals surface area contributed by atoms with Crippen molar-refractivity contribution in [3.05, 3.63) is 53.8 Å². The summed E-state index contributed by atoms with van der Waals surface area (Å²) < 4.78 is 19.3. The molecule has 0 N–H and O–H groups in total. The summed E-state index contributed by atoms with van der Waals surface area (Å²) in [4.78, 5) is 0. The molecule has 0 fully saturated rings. The molecule has 0 saturated carbocycles. The molecule has 17 heavy (non-hydrogen) atoms. The van der Waals surface area contributed by atoms with Gasteiger partial charge in [0.05, 0.1) is 6.61 Å². The Hall–Kier alpha value is -1.83. The molecule has 1 aliphatic rings. The van der Waals surface area contributed by atoms with Gasteiger partial charge in [-0.2, -0.15) is 0 Å². The molecule has 1 aliphatic heterocycles. The van der Waals surface area contributed by atoms with E-state index in [-0.39, 0.29) is 5.82 Å². The van der Waals surface area contributed by atoms with Crippen molar-refractivity contribution < 1.29 is 9.13 Å². The standard InChI is InChI=1S/C15H13FO/c16-14-6-2-1-5-13(14)12-8-7-11-4-3-9-17-15(11)10-12/h1-2,5-8,10H,3-4,9H2. The first-order valence-corrected chi connectivity index (χ1v) is 5.85. The van der Waals surface area contributed by atoms with Gasteiger partial charge in [0, 0.05) is 5.56 Å². The molecule has 0 atom stereocenters. The lowest BCUT2D eigenvalue weighted by atomic mass is 9.99. The van der Waals surface area contributed by atoms with Crippen LogP contribution in [0.1, 0.15) is 12.0 Å². The summed E-state index contributed by atoms with van der Waals surface area (Å²) in [5, 5.41) is 0. The Bertz CT molecular complexity index is 548. The average Bonchev–Trinajstić information content (AvgIpc) is 2.39. The van der Waals surface area contributed by atoms with Gasteiger partial charge in [-0.05, 0) is 36.1 Å². The third-order valence-corrected chi connectivity index (χ3v) is 3.10. The van der Waals surface area contributed by atoms with Gasteiger partial charge in [-0.15, -0.1) is 0 Å². The zero-order valence-electron chi connectivity index (χ0n) is 9.45. The van der Waals surface area contributed by atoms with Gasteiger partial charge in [0.2, 0.25) is 0 Å². The molecule has 86 valence electrons. The second-order valence-corrected chi connectivity index (χ2v) is 4.25. The fraction of sp³-hybridized carbons (Fsp3) is 0.200. The Morgan fingerprint density at radius 2 is 1.94 bits per heavy atom. The summed E-state index contributed by atoms with van der Waals surface area (Å²) in [5.74, 6) is 0.709. The van der Waals surface area contributed by atoms with Crippen LogP contribution in [0.5, 0.6) is 5.75 Å². The lowest BCUT2D eigenvalue weighted by Crippen LogP contribution is -2.08. The molecule has 2 aromatic rings. The first kappa shape index (κ1) is 10.3. The molecular formula is C15H13FO. The van der Waals surface area contributed by atoms with Crippen molar-refractivity contribution in [3.63, 3.8) is 0 Å². The molecular weight excluding hydrogens is 215 g/mol. The van der Waals surface area contributed by atoms with E-state index in [4.69, 9.17) is 4.74 Å². The van der Waals surface area contributed by atoms with Crippen molar-refractivity contribution in [1.29, 1.82) is 0 Å². The molecule has 0 spiro atoms. The largest absolute Gasteiger partial charge is 0.493 e. The molecule has 0 aliphatic carbocycles. The molecule has 0 bridgehead atoms. The van der Waals surface area contributed by atoms with Gasteiger partial charge in [0.1, 0.15) is 11.6 Å². The van der Waals surface area contributed by atoms with Crippen molar-refractivity contribution in [3.8, 4) is 16.9 Å². The number of ether oxygens (including phenoxy) is 1. The predicted octanol–water partition coefficient (Wildman–Crippen LogP) is 3.82. The second kappa shape index (κ2) is 4.21. The molecule has 0 radical (unpaired) electrons. The van der Waals surface area contributed by atoms with Crippen molar-refractivity contribution in [2.45, 2.75) is 12.8 Å². The molecule has 2 aromatic carbocycles. The number of benzene rings is 2. The topological polar surface area (TPSA) is 9.23 Å². The van der Waals surface area contributed by atoms with Crippen LogP contribution >= 0.6 is 0 Å². The van der Waals surface area contributed by atoms with Gasteiger partial charge in [-0.3, -0.25) is 0 Å². The number of aryl methyl sites for hydroxylation is 1. The van der Waals surface area contributed by atoms with Crippen LogP contribution in [-0.4, -0.2) is 6.61 Å². The minimum Gasteiger partial charge on any atom is -0.493 e. The van der Waals surface area contributed by atoms with Crippen molar-refractivity contribution in [1.82, 2.24) is 0 Å². The summed E-state index contributed by atoms with van der Waals surface area (Å²) in [6, 6.07) is 12.8. The van der Waals surface area contributed by atoms with Crippen molar-refractivity contribution in [2.75, 3.05) is 6.61 Å². The maximum absolute atomic E-state index is 13.7. The van der Waals surface area contributed by atoms with Crippen LogP contribution in [0.15, 0.2) is 42.5 Å². The van der Waals surface area contributed by atoms with E-state index in [2.05, 4.69) is 0 Å². The van der Waals surface area contributed by atoms with Crippen LogP contribution in [-0.2, 0) is 6.42 Å². The highest BCUT2D eigenvalue weighted by Crippen LogP contribution is 2.31. The van der Waals surface area contributed by atoms with Gasteiger partial charge >= 0.3 is 0 Å². The van der Waals surface area contributed by atoms with Gasteiger partial charge < -0.3 is 4.74 Å². The number of hydrogen-bond donors (Lipinski definition) is 0. The Morgan fingerprint density at radius 1 is 1.06 bits per heavy atom. The van der Waals surface area contributed by atoms with E-state index in [1.54, 1.807) is 12.1 Å². The number of halogens is 1. The molecule has 0 amide bonds. The highest BCUT2D eigenvalue weighted by Gasteiger charge is 2.12. The second-order valence-electron chi connectivity index (χ2n) is 4.25. The highest BCUT2D eigenvalue weighted by atomic mass is 19.1. The van der Waals surface area contributed by atoms with E-state index in [9.17, 15) is 4.39 Å². The van der Waals surface area contributed by atoms with E-state index in [0.29, 0.717) is 5.56 Å². The first-order valence-electron chi connectivity index (χ1n) is 5.85. The normalized spacial score (nSPS) is 13.9. The Labute approximate surface area is 99.9 Å². The maximum atomic E-state index is 13.7. The van der Waals surface area contributed by atoms with Gasteiger partial charge in [-0.1, -0.05) is 30.3 Å². The molecule has 0 aromatic heterocycles. The average molecular weight is 228 g/mol. The summed E-state index contributed by atoms with van der Waals surface area (Å²) in [7, 11) is 0. The molecule has 1 nitrogen and oxygen atoms in total. The molecule has 0 saturated heterocycles. The zero-order valence-corrected chi connectivity index (χ0v) is 9.45. The Balaban J connectivity index is 2.07. The molecule has 0 unspecified atom stereocenters. The van der Waals surface area contributed by atoms with Crippen molar-refractivity contribution in [2.24, 2.45) is 0 Å². The van der Waals surface area contributed by atoms with Crippen LogP contribution in [0.25, 0.3) is 11.1 Å². The third-order valence-electron chi connectivity index (χ3n) is 3.10. The Kier molecular flexibility index (Phi) is 2.56. The van der Waals surface area contributed by atoms with E-state index in [1.807, 2.05) is 24.3 Å². The van der Waals surface area contributed by atoms with Crippen LogP contribution in [0.2, 0.25) is 0 Å². The van der Waals surface area contributed by atoms with Crippen LogP contribution in [0.3, 0.4) is 0 Å². The highest BCUT2D eigenvalue weighted by molar-refractivity contribution is 5.66. The monoisotopic (exact) mass is 228 g/mol. The third kappa shape index (κ3) is 1.91. The smallest absolute Gasteiger partial charge is 0.131 e. The number of rotatable bonds is 1. The predicted molar refractivity (Wildman–Crippen MR) is 65.7 cm³/mol. The summed E-state index contributed by atoms with van der Waals surface area (Å²) in [5.41, 5.74) is 2.73. The Morgan fingerprint density at radius 3 is 2.82 bits per heavy atom. The molecule has 1 heterocycles. The van der Waals surface area contributed by atoms with Crippen LogP contribution in [0.4, 0.5) is 4.39 Å². The number of fused-ring (bicyclic) bond motifs is 1. The maximum Gasteiger partial charge on any atom is 0.131 e. The fourth-order valence-electron chi connectivity index (χ4n) is 2.20. The van der Waals surface area contributed by atoms with Gasteiger partial charge in [-0.25, -0.2) is 4.39 Å². The summed E-state index contributed by atoms with van der Waals surface area (Å²) >= 11 is 0. The minimum absolute atomic E-state index is 0.191. The molecule has 2 heteroatoms. The summed E-state index contributed by atoms with van der Waals surface area (Å²) in [6.07, 6.45) is 2.11. The van der Waals surface area contributed by atoms with Crippen LogP contribution < -0.4 is 4.74 Å². The van der Waals surface area contributed by atoms with E-state index in [0.717, 1.165) is 30.8 Å². The van der Waals surface area contributed by atoms with Gasteiger partial charge in [0.25, 0.3) is 0 Å². The minimum atomic E-state index is -0.191. The zero-order chi connectivity index (χ0) is 11.7. The van der Waals surface area contributed by atoms with E-state index in [1.165, 1.54) is 11.6 Å². The quantitative estimate of drug-likeness (QED) is 0.721. The lowest BCUT2D eigenvalue weighted by Gasteiger charge is -2.18. The van der Waals surface area contributed by atoms with Crippen molar-refractivity contribution >= 4 is 0 Å². The van der Waals surface area contributed by atoms with Crippen LogP contribution in [0, 0.1) is 5.82 Å². The SMILES string of the molecule is Fc1ccccc1-c1ccc2c(c1)OCCC2. The summed E-state index contributed by atoms with van der Waals surface area (Å²) in [6.45, 7) is 0.758.